The number of anilines is 1. The number of nitrogen functional groups attached to an aromatic ring is 1. The molecule has 0 aliphatic carbocycles. The Morgan fingerprint density at radius 3 is 2.95 bits per heavy atom. The van der Waals surface area contributed by atoms with E-state index in [1.54, 1.807) is 18.6 Å². The van der Waals surface area contributed by atoms with Gasteiger partial charge < -0.3 is 10.5 Å². The van der Waals surface area contributed by atoms with Crippen molar-refractivity contribution in [3.05, 3.63) is 42.9 Å². The van der Waals surface area contributed by atoms with Crippen LogP contribution in [0, 0.1) is 0 Å². The molecule has 0 unspecified atom stereocenters. The summed E-state index contributed by atoms with van der Waals surface area (Å²) in [5.41, 5.74) is 7.27. The fraction of sp³-hybridized carbons (Fsp3) is 0.143. The molecule has 7 nitrogen and oxygen atoms in total. The van der Waals surface area contributed by atoms with Crippen LogP contribution in [-0.2, 0) is 0 Å². The predicted molar refractivity (Wildman–Crippen MR) is 78.0 cm³/mol. The lowest BCUT2D eigenvalue weighted by Gasteiger charge is -2.03. The molecule has 0 bridgehead atoms. The van der Waals surface area contributed by atoms with E-state index >= 15 is 0 Å². The lowest BCUT2D eigenvalue weighted by atomic mass is 10.2. The second-order valence-corrected chi connectivity index (χ2v) is 4.27. The second-order valence-electron chi connectivity index (χ2n) is 4.27. The van der Waals surface area contributed by atoms with E-state index < -0.39 is 0 Å². The lowest BCUT2D eigenvalue weighted by Crippen LogP contribution is -2.04. The Balaban J connectivity index is 1.93. The summed E-state index contributed by atoms with van der Waals surface area (Å²) < 4.78 is 6.85. The molecule has 0 amide bonds. The van der Waals surface area contributed by atoms with Gasteiger partial charge in [-0.05, 0) is 19.1 Å². The van der Waals surface area contributed by atoms with Crippen LogP contribution in [0.5, 0.6) is 5.88 Å². The van der Waals surface area contributed by atoms with E-state index in [-0.39, 0.29) is 0 Å². The van der Waals surface area contributed by atoms with Crippen molar-refractivity contribution in [1.82, 2.24) is 24.7 Å². The molecule has 2 heterocycles. The molecule has 106 valence electrons. The molecule has 0 aliphatic heterocycles. The molecule has 2 N–H and O–H groups in total. The Kier molecular flexibility index (Phi) is 3.46. The van der Waals surface area contributed by atoms with Crippen LogP contribution in [0.3, 0.4) is 0 Å². The number of nitrogens with two attached hydrogens (primary N) is 1. The molecule has 7 heteroatoms. The van der Waals surface area contributed by atoms with Gasteiger partial charge in [-0.3, -0.25) is 0 Å². The Morgan fingerprint density at radius 1 is 1.24 bits per heavy atom. The Labute approximate surface area is 121 Å². The zero-order valence-corrected chi connectivity index (χ0v) is 11.5. The molecule has 3 aromatic rings. The summed E-state index contributed by atoms with van der Waals surface area (Å²) in [5, 5.41) is 4.36. The number of rotatable bonds is 4. The van der Waals surface area contributed by atoms with Gasteiger partial charge >= 0.3 is 0 Å². The van der Waals surface area contributed by atoms with E-state index in [2.05, 4.69) is 20.1 Å². The number of hydrogen-bond donors (Lipinski definition) is 1. The van der Waals surface area contributed by atoms with Gasteiger partial charge in [0.1, 0.15) is 6.33 Å². The fourth-order valence-corrected chi connectivity index (χ4v) is 1.84. The van der Waals surface area contributed by atoms with Crippen LogP contribution in [0.25, 0.3) is 17.3 Å². The van der Waals surface area contributed by atoms with Gasteiger partial charge in [0.15, 0.2) is 5.82 Å². The van der Waals surface area contributed by atoms with Crippen LogP contribution in [0.4, 0.5) is 5.69 Å². The summed E-state index contributed by atoms with van der Waals surface area (Å²) in [6, 6.07) is 9.08. The number of aromatic nitrogens is 5. The molecule has 0 saturated carbocycles. The number of hydrogen-bond acceptors (Lipinski definition) is 6. The molecule has 1 aromatic carbocycles. The smallest absolute Gasteiger partial charge is 0.255 e. The number of benzene rings is 1. The van der Waals surface area contributed by atoms with Gasteiger partial charge in [-0.15, -0.1) is 5.10 Å². The summed E-state index contributed by atoms with van der Waals surface area (Å²) in [6.07, 6.45) is 3.18. The third-order valence-electron chi connectivity index (χ3n) is 2.75. The van der Waals surface area contributed by atoms with Gasteiger partial charge in [0, 0.05) is 23.5 Å². The summed E-state index contributed by atoms with van der Waals surface area (Å²) in [6.45, 7) is 2.44. The first kappa shape index (κ1) is 13.0. The molecular weight excluding hydrogens is 268 g/mol. The Hall–Kier alpha value is -2.96. The zero-order chi connectivity index (χ0) is 14.7. The van der Waals surface area contributed by atoms with E-state index in [0.29, 0.717) is 29.9 Å². The molecule has 0 atom stereocenters. The topological polar surface area (TPSA) is 91.7 Å². The highest BCUT2D eigenvalue weighted by molar-refractivity contribution is 5.60. The monoisotopic (exact) mass is 282 g/mol. The summed E-state index contributed by atoms with van der Waals surface area (Å²) in [5.74, 6) is 1.47. The third kappa shape index (κ3) is 2.81. The summed E-state index contributed by atoms with van der Waals surface area (Å²) in [4.78, 5) is 12.7. The quantitative estimate of drug-likeness (QED) is 0.732. The molecule has 0 saturated heterocycles. The van der Waals surface area contributed by atoms with E-state index in [1.165, 1.54) is 4.68 Å². The standard InChI is InChI=1S/C14H14N6O/c1-2-21-12-6-7-16-14(18-12)20-9-17-13(19-20)10-4-3-5-11(15)8-10/h3-9H,2,15H2,1H3. The van der Waals surface area contributed by atoms with Crippen LogP contribution in [-0.4, -0.2) is 31.3 Å². The first-order valence-corrected chi connectivity index (χ1v) is 6.50. The van der Waals surface area contributed by atoms with Gasteiger partial charge in [-0.25, -0.2) is 9.97 Å². The van der Waals surface area contributed by atoms with Crippen molar-refractivity contribution < 1.29 is 4.74 Å². The first-order valence-electron chi connectivity index (χ1n) is 6.50. The van der Waals surface area contributed by atoms with Crippen LogP contribution >= 0.6 is 0 Å². The minimum atomic E-state index is 0.406. The highest BCUT2D eigenvalue weighted by Crippen LogP contribution is 2.17. The van der Waals surface area contributed by atoms with E-state index in [4.69, 9.17) is 10.5 Å². The van der Waals surface area contributed by atoms with Crippen molar-refractivity contribution in [2.75, 3.05) is 12.3 Å². The molecule has 0 aliphatic rings. The third-order valence-corrected chi connectivity index (χ3v) is 2.75. The number of nitrogens with zero attached hydrogens (tertiary/aromatic N) is 5. The highest BCUT2D eigenvalue weighted by Gasteiger charge is 2.08. The van der Waals surface area contributed by atoms with Gasteiger partial charge in [-0.2, -0.15) is 9.67 Å². The zero-order valence-electron chi connectivity index (χ0n) is 11.5. The minimum absolute atomic E-state index is 0.406. The maximum Gasteiger partial charge on any atom is 0.255 e. The van der Waals surface area contributed by atoms with Crippen molar-refractivity contribution in [2.24, 2.45) is 0 Å². The van der Waals surface area contributed by atoms with E-state index in [1.807, 2.05) is 31.2 Å². The molecule has 3 rings (SSSR count). The van der Waals surface area contributed by atoms with Crippen molar-refractivity contribution in [1.29, 1.82) is 0 Å². The maximum atomic E-state index is 5.76. The van der Waals surface area contributed by atoms with Gasteiger partial charge in [0.05, 0.1) is 6.61 Å². The van der Waals surface area contributed by atoms with Crippen molar-refractivity contribution in [3.63, 3.8) is 0 Å². The van der Waals surface area contributed by atoms with Crippen molar-refractivity contribution >= 4 is 5.69 Å². The Morgan fingerprint density at radius 2 is 2.14 bits per heavy atom. The Bertz CT molecular complexity index is 754. The highest BCUT2D eigenvalue weighted by atomic mass is 16.5. The number of ether oxygens (including phenoxy) is 1. The molecular formula is C14H14N6O. The van der Waals surface area contributed by atoms with Gasteiger partial charge in [0.2, 0.25) is 5.88 Å². The molecule has 0 radical (unpaired) electrons. The van der Waals surface area contributed by atoms with Gasteiger partial charge in [-0.1, -0.05) is 12.1 Å². The van der Waals surface area contributed by atoms with Crippen LogP contribution in [0.15, 0.2) is 42.9 Å². The van der Waals surface area contributed by atoms with Crippen LogP contribution in [0.1, 0.15) is 6.92 Å². The predicted octanol–water partition coefficient (Wildman–Crippen LogP) is 1.71. The molecule has 21 heavy (non-hydrogen) atoms. The van der Waals surface area contributed by atoms with Crippen molar-refractivity contribution in [2.45, 2.75) is 6.92 Å². The molecule has 0 fully saturated rings. The molecule has 0 spiro atoms. The maximum absolute atomic E-state index is 5.76. The van der Waals surface area contributed by atoms with Crippen LogP contribution < -0.4 is 10.5 Å². The average molecular weight is 282 g/mol. The van der Waals surface area contributed by atoms with Crippen molar-refractivity contribution in [3.8, 4) is 23.2 Å². The first-order chi connectivity index (χ1) is 10.3. The summed E-state index contributed by atoms with van der Waals surface area (Å²) in [7, 11) is 0. The largest absolute Gasteiger partial charge is 0.478 e. The lowest BCUT2D eigenvalue weighted by molar-refractivity contribution is 0.325. The fourth-order valence-electron chi connectivity index (χ4n) is 1.84. The average Bonchev–Trinajstić information content (AvgIpc) is 2.98. The SMILES string of the molecule is CCOc1ccnc(-n2cnc(-c3cccc(N)c3)n2)n1. The van der Waals surface area contributed by atoms with E-state index in [0.717, 1.165) is 5.56 Å². The van der Waals surface area contributed by atoms with Crippen LogP contribution in [0.2, 0.25) is 0 Å². The second kappa shape index (κ2) is 5.58. The van der Waals surface area contributed by atoms with E-state index in [9.17, 15) is 0 Å². The minimum Gasteiger partial charge on any atom is -0.478 e. The van der Waals surface area contributed by atoms with Gasteiger partial charge in [0.25, 0.3) is 5.95 Å². The normalized spacial score (nSPS) is 10.5. The molecule has 2 aromatic heterocycles. The summed E-state index contributed by atoms with van der Waals surface area (Å²) >= 11 is 0.